The van der Waals surface area contributed by atoms with E-state index in [1.807, 2.05) is 47.4 Å². The van der Waals surface area contributed by atoms with E-state index in [2.05, 4.69) is 31.0 Å². The van der Waals surface area contributed by atoms with Gasteiger partial charge in [-0.05, 0) is 42.2 Å². The summed E-state index contributed by atoms with van der Waals surface area (Å²) in [6.45, 7) is 7.52. The van der Waals surface area contributed by atoms with Gasteiger partial charge in [-0.15, -0.1) is 0 Å². The van der Waals surface area contributed by atoms with Gasteiger partial charge in [0.15, 0.2) is 11.5 Å². The summed E-state index contributed by atoms with van der Waals surface area (Å²) in [4.78, 5) is 15.3. The molecule has 1 aliphatic heterocycles. The Morgan fingerprint density at radius 3 is 2.56 bits per heavy atom. The second-order valence-electron chi connectivity index (χ2n) is 8.38. The van der Waals surface area contributed by atoms with E-state index in [9.17, 15) is 4.79 Å². The van der Waals surface area contributed by atoms with E-state index in [1.165, 1.54) is 0 Å². The number of hydrogen-bond donors (Lipinski definition) is 1. The number of carbonyl (C=O) groups is 1. The Morgan fingerprint density at radius 1 is 1.16 bits per heavy atom. The number of benzene rings is 2. The van der Waals surface area contributed by atoms with Crippen molar-refractivity contribution >= 4 is 17.5 Å². The van der Waals surface area contributed by atoms with Gasteiger partial charge >= 0.3 is 0 Å². The Labute approximate surface area is 193 Å². The topological polar surface area (TPSA) is 67.5 Å². The minimum atomic E-state index is -0.279. The molecule has 4 rings (SSSR count). The van der Waals surface area contributed by atoms with Crippen molar-refractivity contribution in [2.24, 2.45) is 5.92 Å². The molecule has 1 N–H and O–H groups in total. The molecule has 7 heteroatoms. The molecule has 0 fully saturated rings. The molecule has 3 aromatic rings. The molecule has 0 radical (unpaired) electrons. The molecular weight excluding hydrogens is 426 g/mol. The number of halogens is 1. The molecule has 2 aromatic carbocycles. The highest BCUT2D eigenvalue weighted by atomic mass is 35.5. The van der Waals surface area contributed by atoms with Crippen molar-refractivity contribution in [3.63, 3.8) is 0 Å². The lowest BCUT2D eigenvalue weighted by molar-refractivity contribution is 0.0722. The summed E-state index contributed by atoms with van der Waals surface area (Å²) in [5, 5.41) is 8.15. The van der Waals surface area contributed by atoms with Crippen LogP contribution in [0, 0.1) is 5.92 Å². The molecule has 32 heavy (non-hydrogen) atoms. The van der Waals surface area contributed by atoms with Crippen LogP contribution in [0.25, 0.3) is 11.3 Å². The number of fused-ring (bicyclic) bond motifs is 1. The molecule has 1 atom stereocenters. The fraction of sp³-hybridized carbons (Fsp3) is 0.360. The first kappa shape index (κ1) is 22.2. The summed E-state index contributed by atoms with van der Waals surface area (Å²) in [6, 6.07) is 13.1. The van der Waals surface area contributed by atoms with E-state index in [-0.39, 0.29) is 11.9 Å². The molecule has 6 nitrogen and oxygen atoms in total. The van der Waals surface area contributed by atoms with Crippen molar-refractivity contribution in [3.05, 3.63) is 64.3 Å². The van der Waals surface area contributed by atoms with Crippen LogP contribution in [0.3, 0.4) is 0 Å². The standard InChI is InChI=1S/C25H28ClN3O3/c1-5-12-32-19-11-8-17(13-20(19)31-4)24-21-22(16-6-9-18(26)10-7-16)27-28-23(21)25(30)29(24)14-15(2)3/h6-11,13,15,24H,5,12,14H2,1-4H3,(H,27,28). The van der Waals surface area contributed by atoms with Crippen molar-refractivity contribution < 1.29 is 14.3 Å². The third-order valence-corrected chi connectivity index (χ3v) is 5.76. The molecule has 0 saturated carbocycles. The van der Waals surface area contributed by atoms with Crippen LogP contribution in [0.2, 0.25) is 5.02 Å². The van der Waals surface area contributed by atoms with Crippen LogP contribution in [0.15, 0.2) is 42.5 Å². The molecule has 0 aliphatic carbocycles. The molecule has 0 saturated heterocycles. The maximum absolute atomic E-state index is 13.4. The Kier molecular flexibility index (Phi) is 6.42. The molecule has 2 heterocycles. The molecular formula is C25H28ClN3O3. The number of ether oxygens (including phenoxy) is 2. The summed E-state index contributed by atoms with van der Waals surface area (Å²) in [5.74, 6) is 1.62. The summed E-state index contributed by atoms with van der Waals surface area (Å²) in [6.07, 6.45) is 0.910. The van der Waals surface area contributed by atoms with Crippen molar-refractivity contribution in [1.29, 1.82) is 0 Å². The summed E-state index contributed by atoms with van der Waals surface area (Å²) in [5.41, 5.74) is 4.03. The minimum Gasteiger partial charge on any atom is -0.493 e. The van der Waals surface area contributed by atoms with E-state index in [1.54, 1.807) is 7.11 Å². The molecule has 1 amide bonds. The predicted molar refractivity (Wildman–Crippen MR) is 126 cm³/mol. The van der Waals surface area contributed by atoms with Crippen molar-refractivity contribution in [2.75, 3.05) is 20.3 Å². The molecule has 1 aromatic heterocycles. The molecule has 1 aliphatic rings. The minimum absolute atomic E-state index is 0.0447. The fourth-order valence-corrected chi connectivity index (χ4v) is 4.26. The lowest BCUT2D eigenvalue weighted by Gasteiger charge is -2.28. The molecule has 168 valence electrons. The number of H-pyrrole nitrogens is 1. The maximum Gasteiger partial charge on any atom is 0.273 e. The predicted octanol–water partition coefficient (Wildman–Crippen LogP) is 5.73. The number of nitrogens with zero attached hydrogens (tertiary/aromatic N) is 2. The van der Waals surface area contributed by atoms with Crippen molar-refractivity contribution in [3.8, 4) is 22.8 Å². The number of aromatic amines is 1. The average molecular weight is 454 g/mol. The van der Waals surface area contributed by atoms with Gasteiger partial charge < -0.3 is 14.4 Å². The van der Waals surface area contributed by atoms with Gasteiger partial charge in [-0.25, -0.2) is 0 Å². The van der Waals surface area contributed by atoms with E-state index in [0.29, 0.717) is 41.3 Å². The number of aromatic nitrogens is 2. The second kappa shape index (κ2) is 9.25. The van der Waals surface area contributed by atoms with Gasteiger partial charge in [0, 0.05) is 22.7 Å². The Balaban J connectivity index is 1.83. The summed E-state index contributed by atoms with van der Waals surface area (Å²) >= 11 is 6.09. The fourth-order valence-electron chi connectivity index (χ4n) is 4.14. The average Bonchev–Trinajstić information content (AvgIpc) is 3.32. The first-order valence-corrected chi connectivity index (χ1v) is 11.3. The van der Waals surface area contributed by atoms with Crippen LogP contribution in [0.5, 0.6) is 11.5 Å². The normalized spacial score (nSPS) is 15.4. The van der Waals surface area contributed by atoms with E-state index in [4.69, 9.17) is 21.1 Å². The van der Waals surface area contributed by atoms with Crippen molar-refractivity contribution in [1.82, 2.24) is 15.1 Å². The van der Waals surface area contributed by atoms with Crippen LogP contribution in [0.1, 0.15) is 54.8 Å². The third-order valence-electron chi connectivity index (χ3n) is 5.51. The van der Waals surface area contributed by atoms with Crippen LogP contribution in [-0.2, 0) is 0 Å². The lowest BCUT2D eigenvalue weighted by atomic mass is 9.95. The number of hydrogen-bond acceptors (Lipinski definition) is 4. The van der Waals surface area contributed by atoms with Gasteiger partial charge in [-0.1, -0.05) is 50.6 Å². The van der Waals surface area contributed by atoms with Gasteiger partial charge in [0.25, 0.3) is 5.91 Å². The van der Waals surface area contributed by atoms with Crippen LogP contribution >= 0.6 is 11.6 Å². The number of carbonyl (C=O) groups excluding carboxylic acids is 1. The Hall–Kier alpha value is -2.99. The summed E-state index contributed by atoms with van der Waals surface area (Å²) < 4.78 is 11.4. The Morgan fingerprint density at radius 2 is 1.91 bits per heavy atom. The number of nitrogens with one attached hydrogen (secondary N) is 1. The maximum atomic E-state index is 13.4. The third kappa shape index (κ3) is 4.07. The monoisotopic (exact) mass is 453 g/mol. The molecule has 0 spiro atoms. The van der Waals surface area contributed by atoms with Gasteiger partial charge in [0.05, 0.1) is 25.5 Å². The van der Waals surface area contributed by atoms with Gasteiger partial charge in [0.1, 0.15) is 5.69 Å². The first-order valence-electron chi connectivity index (χ1n) is 10.9. The van der Waals surface area contributed by atoms with Crippen LogP contribution in [-0.4, -0.2) is 41.3 Å². The highest BCUT2D eigenvalue weighted by Gasteiger charge is 2.42. The van der Waals surface area contributed by atoms with Crippen molar-refractivity contribution in [2.45, 2.75) is 33.2 Å². The van der Waals surface area contributed by atoms with E-state index >= 15 is 0 Å². The highest BCUT2D eigenvalue weighted by Crippen LogP contribution is 2.44. The number of rotatable bonds is 8. The molecule has 1 unspecified atom stereocenters. The van der Waals surface area contributed by atoms with E-state index in [0.717, 1.165) is 28.8 Å². The SMILES string of the molecule is CCCOc1ccc(C2c3c(-c4ccc(Cl)cc4)n[nH]c3C(=O)N2CC(C)C)cc1OC. The Bertz CT molecular complexity index is 1110. The highest BCUT2D eigenvalue weighted by molar-refractivity contribution is 6.30. The first-order chi connectivity index (χ1) is 15.4. The van der Waals surface area contributed by atoms with Crippen LogP contribution < -0.4 is 9.47 Å². The summed E-state index contributed by atoms with van der Waals surface area (Å²) in [7, 11) is 1.63. The quantitative estimate of drug-likeness (QED) is 0.473. The molecule has 0 bridgehead atoms. The second-order valence-corrected chi connectivity index (χ2v) is 8.82. The van der Waals surface area contributed by atoms with Gasteiger partial charge in [-0.2, -0.15) is 5.10 Å². The largest absolute Gasteiger partial charge is 0.493 e. The van der Waals surface area contributed by atoms with Gasteiger partial charge in [0.2, 0.25) is 0 Å². The zero-order valence-corrected chi connectivity index (χ0v) is 19.6. The lowest BCUT2D eigenvalue weighted by Crippen LogP contribution is -2.32. The number of amides is 1. The smallest absolute Gasteiger partial charge is 0.273 e. The van der Waals surface area contributed by atoms with Gasteiger partial charge in [-0.3, -0.25) is 9.89 Å². The zero-order chi connectivity index (χ0) is 22.8. The van der Waals surface area contributed by atoms with Crippen LogP contribution in [0.4, 0.5) is 0 Å². The zero-order valence-electron chi connectivity index (χ0n) is 18.8. The van der Waals surface area contributed by atoms with E-state index < -0.39 is 0 Å². The number of methoxy groups -OCH3 is 1.